The summed E-state index contributed by atoms with van der Waals surface area (Å²) in [6, 6.07) is 49.5. The van der Waals surface area contributed by atoms with E-state index in [1.165, 1.54) is 0 Å². The Kier molecular flexibility index (Phi) is 16.8. The van der Waals surface area contributed by atoms with Crippen molar-refractivity contribution in [1.29, 1.82) is 0 Å². The van der Waals surface area contributed by atoms with E-state index in [9.17, 15) is 5.11 Å². The summed E-state index contributed by atoms with van der Waals surface area (Å²) in [4.78, 5) is 0. The number of ether oxygens (including phenoxy) is 10. The van der Waals surface area contributed by atoms with Gasteiger partial charge in [-0.15, -0.1) is 0 Å². The minimum absolute atomic E-state index is 0.138. The van der Waals surface area contributed by atoms with Gasteiger partial charge in [0.15, 0.2) is 12.6 Å². The van der Waals surface area contributed by atoms with Gasteiger partial charge in [0.1, 0.15) is 48.8 Å². The molecule has 7 rings (SSSR count). The molecule has 2 fully saturated rings. The van der Waals surface area contributed by atoms with E-state index < -0.39 is 61.4 Å². The lowest BCUT2D eigenvalue weighted by Gasteiger charge is -2.49. The molecule has 60 heavy (non-hydrogen) atoms. The van der Waals surface area contributed by atoms with Crippen LogP contribution < -0.4 is 0 Å². The first-order valence-corrected chi connectivity index (χ1v) is 20.5. The first kappa shape index (κ1) is 43.7. The Balaban J connectivity index is 1.24. The number of methoxy groups -OCH3 is 2. The van der Waals surface area contributed by atoms with Crippen LogP contribution in [0.3, 0.4) is 0 Å². The number of aliphatic hydroxyl groups excluding tert-OH is 1. The Morgan fingerprint density at radius 2 is 0.800 bits per heavy atom. The van der Waals surface area contributed by atoms with Crippen LogP contribution in [-0.4, -0.2) is 94.0 Å². The van der Waals surface area contributed by atoms with Crippen LogP contribution in [0.25, 0.3) is 0 Å². The maximum atomic E-state index is 11.8. The summed E-state index contributed by atoms with van der Waals surface area (Å²) in [5.74, 6) is 0. The van der Waals surface area contributed by atoms with Gasteiger partial charge < -0.3 is 52.5 Å². The zero-order valence-corrected chi connectivity index (χ0v) is 34.2. The second kappa shape index (κ2) is 23.0. The molecule has 11 heteroatoms. The maximum absolute atomic E-state index is 11.8. The minimum Gasteiger partial charge on any atom is -0.382 e. The van der Waals surface area contributed by atoms with Crippen molar-refractivity contribution in [2.24, 2.45) is 0 Å². The van der Waals surface area contributed by atoms with Crippen molar-refractivity contribution < 1.29 is 52.5 Å². The lowest BCUT2D eigenvalue weighted by Crippen LogP contribution is -2.66. The van der Waals surface area contributed by atoms with E-state index in [0.717, 1.165) is 27.8 Å². The molecule has 0 bridgehead atoms. The molecule has 0 amide bonds. The topological polar surface area (TPSA) is 113 Å². The molecule has 0 saturated carbocycles. The molecule has 1 N–H and O–H groups in total. The minimum atomic E-state index is -1.45. The van der Waals surface area contributed by atoms with Crippen molar-refractivity contribution in [2.75, 3.05) is 27.4 Å². The van der Waals surface area contributed by atoms with Gasteiger partial charge in [-0.3, -0.25) is 0 Å². The molecule has 0 radical (unpaired) electrons. The van der Waals surface area contributed by atoms with Gasteiger partial charge in [-0.25, -0.2) is 0 Å². The van der Waals surface area contributed by atoms with E-state index in [1.54, 1.807) is 14.2 Å². The molecule has 0 spiro atoms. The van der Waals surface area contributed by atoms with Gasteiger partial charge in [0.2, 0.25) is 0 Å². The van der Waals surface area contributed by atoms with Crippen molar-refractivity contribution in [3.05, 3.63) is 179 Å². The average Bonchev–Trinajstić information content (AvgIpc) is 3.29. The number of aliphatic hydroxyl groups is 1. The highest BCUT2D eigenvalue weighted by Crippen LogP contribution is 2.35. The first-order valence-electron chi connectivity index (χ1n) is 20.5. The van der Waals surface area contributed by atoms with Crippen LogP contribution in [0.5, 0.6) is 0 Å². The molecule has 0 aliphatic carbocycles. The van der Waals surface area contributed by atoms with E-state index in [1.807, 2.05) is 152 Å². The third kappa shape index (κ3) is 12.2. The molecular weight excluding hydrogens is 765 g/mol. The Morgan fingerprint density at radius 3 is 1.23 bits per heavy atom. The molecule has 5 aromatic carbocycles. The molecule has 0 aromatic heterocycles. The predicted octanol–water partition coefficient (Wildman–Crippen LogP) is 7.03. The van der Waals surface area contributed by atoms with E-state index in [2.05, 4.69) is 0 Å². The Hall–Kier alpha value is -4.34. The fraction of sp³-hybridized carbons (Fsp3) is 0.388. The zero-order chi connectivity index (χ0) is 41.4. The van der Waals surface area contributed by atoms with Crippen LogP contribution in [0.2, 0.25) is 0 Å². The monoisotopic (exact) mass is 820 g/mol. The van der Waals surface area contributed by atoms with Gasteiger partial charge >= 0.3 is 0 Å². The molecule has 0 unspecified atom stereocenters. The number of hydrogen-bond acceptors (Lipinski definition) is 11. The number of benzene rings is 5. The quantitative estimate of drug-likeness (QED) is 0.0824. The lowest BCUT2D eigenvalue weighted by atomic mass is 9.96. The van der Waals surface area contributed by atoms with Crippen molar-refractivity contribution in [3.8, 4) is 0 Å². The van der Waals surface area contributed by atoms with E-state index in [4.69, 9.17) is 47.4 Å². The highest BCUT2D eigenvalue weighted by atomic mass is 16.8. The van der Waals surface area contributed by atoms with Gasteiger partial charge in [-0.05, 0) is 27.8 Å². The van der Waals surface area contributed by atoms with Crippen LogP contribution in [0.15, 0.2) is 152 Å². The summed E-state index contributed by atoms with van der Waals surface area (Å²) in [5.41, 5.74) is 4.86. The Labute approximate surface area is 353 Å². The highest BCUT2D eigenvalue weighted by molar-refractivity contribution is 5.17. The van der Waals surface area contributed by atoms with Crippen LogP contribution in [0, 0.1) is 0 Å². The van der Waals surface area contributed by atoms with Gasteiger partial charge in [0.25, 0.3) is 0 Å². The van der Waals surface area contributed by atoms with Crippen molar-refractivity contribution in [1.82, 2.24) is 0 Å². The van der Waals surface area contributed by atoms with Crippen LogP contribution in [0.1, 0.15) is 27.8 Å². The Morgan fingerprint density at radius 1 is 0.417 bits per heavy atom. The second-order valence-corrected chi connectivity index (χ2v) is 14.9. The van der Waals surface area contributed by atoms with Crippen LogP contribution in [-0.2, 0) is 80.4 Å². The molecule has 11 nitrogen and oxygen atoms in total. The number of rotatable bonds is 21. The van der Waals surface area contributed by atoms with Gasteiger partial charge in [0.05, 0.1) is 46.2 Å². The predicted molar refractivity (Wildman–Crippen MR) is 223 cm³/mol. The molecule has 5 aromatic rings. The summed E-state index contributed by atoms with van der Waals surface area (Å²) < 4.78 is 65.0. The SMILES string of the molecule is COC[C@H]1O[C@H](O)[C@H](O[C@H]2O[C@H](COCc3ccccc3)[C@@H](OCc3ccccc3)[C@H](OCc3ccccc3)[C@H]2OCc2ccccc2)[C@@H](OCc2ccccc2)[C@@H]1OC. The van der Waals surface area contributed by atoms with Crippen molar-refractivity contribution in [3.63, 3.8) is 0 Å². The molecular formula is C49H56O11. The van der Waals surface area contributed by atoms with E-state index in [0.29, 0.717) is 6.61 Å². The molecule has 2 aliphatic heterocycles. The summed E-state index contributed by atoms with van der Waals surface area (Å²) >= 11 is 0. The summed E-state index contributed by atoms with van der Waals surface area (Å²) in [5, 5.41) is 11.8. The lowest BCUT2D eigenvalue weighted by molar-refractivity contribution is -0.377. The van der Waals surface area contributed by atoms with Gasteiger partial charge in [-0.1, -0.05) is 152 Å². The molecule has 2 saturated heterocycles. The fourth-order valence-electron chi connectivity index (χ4n) is 7.59. The van der Waals surface area contributed by atoms with Crippen molar-refractivity contribution in [2.45, 2.75) is 94.4 Å². The molecule has 2 aliphatic rings. The largest absolute Gasteiger partial charge is 0.382 e. The van der Waals surface area contributed by atoms with Crippen molar-refractivity contribution >= 4 is 0 Å². The summed E-state index contributed by atoms with van der Waals surface area (Å²) in [6.45, 7) is 1.63. The Bertz CT molecular complexity index is 1910. The van der Waals surface area contributed by atoms with Crippen LogP contribution in [0.4, 0.5) is 0 Å². The fourth-order valence-corrected chi connectivity index (χ4v) is 7.59. The second-order valence-electron chi connectivity index (χ2n) is 14.9. The molecule has 318 valence electrons. The highest BCUT2D eigenvalue weighted by Gasteiger charge is 2.54. The number of hydrogen-bond donors (Lipinski definition) is 1. The maximum Gasteiger partial charge on any atom is 0.187 e. The summed E-state index contributed by atoms with van der Waals surface area (Å²) in [6.07, 6.45) is -8.81. The van der Waals surface area contributed by atoms with Gasteiger partial charge in [0, 0.05) is 14.2 Å². The zero-order valence-electron chi connectivity index (χ0n) is 34.2. The normalized spacial score (nSPS) is 26.8. The third-order valence-electron chi connectivity index (χ3n) is 10.6. The smallest absolute Gasteiger partial charge is 0.187 e. The molecule has 10 atom stereocenters. The first-order chi connectivity index (χ1) is 29.6. The molecule has 2 heterocycles. The van der Waals surface area contributed by atoms with E-state index >= 15 is 0 Å². The summed E-state index contributed by atoms with van der Waals surface area (Å²) in [7, 11) is 3.15. The van der Waals surface area contributed by atoms with Gasteiger partial charge in [-0.2, -0.15) is 0 Å². The van der Waals surface area contributed by atoms with Crippen LogP contribution >= 0.6 is 0 Å². The average molecular weight is 821 g/mol. The standard InChI is InChI=1S/C49H56O11/c1-51-33-40-42(52-2)44(55-30-37-22-12-5-13-23-37)46(48(50)58-40)60-49-47(57-32-39-26-16-7-17-27-39)45(56-31-38-24-14-6-15-25-38)43(54-29-36-20-10-4-11-21-36)41(59-49)34-53-28-35-18-8-3-9-19-35/h3-27,40-50H,28-34H2,1-2H3/t40-,41-,42-,43-,44+,45+,46-,47-,48+,49-/m1/s1. The third-order valence-corrected chi connectivity index (χ3v) is 10.6. The van der Waals surface area contributed by atoms with E-state index in [-0.39, 0.29) is 39.6 Å².